The van der Waals surface area contributed by atoms with Gasteiger partial charge in [-0.25, -0.2) is 4.79 Å². The van der Waals surface area contributed by atoms with E-state index < -0.39 is 5.97 Å². The Bertz CT molecular complexity index is 2490. The number of aryl methyl sites for hydroxylation is 2. The molecule has 0 bridgehead atoms. The molecular weight excluding hydrogens is 813 g/mol. The topological polar surface area (TPSA) is 137 Å². The number of rotatable bonds is 19. The van der Waals surface area contributed by atoms with Gasteiger partial charge in [0.2, 0.25) is 26.1 Å². The minimum atomic E-state index is -0.617. The molecule has 0 radical (unpaired) electrons. The molecule has 0 aliphatic carbocycles. The molecule has 0 atom stereocenters. The lowest BCUT2D eigenvalue weighted by Gasteiger charge is -2.19. The van der Waals surface area contributed by atoms with Crippen LogP contribution >= 0.6 is 0 Å². The fraction of sp³-hybridized carbons (Fsp3) is 0.245. The molecular formula is C49H44O14. The summed E-state index contributed by atoms with van der Waals surface area (Å²) in [5, 5.41) is 0. The molecule has 0 saturated heterocycles. The van der Waals surface area contributed by atoms with E-state index in [1.165, 1.54) is 5.56 Å². The molecule has 14 nitrogen and oxygen atoms in total. The van der Waals surface area contributed by atoms with Gasteiger partial charge in [0.1, 0.15) is 62.6 Å². The van der Waals surface area contributed by atoms with Gasteiger partial charge in [0.15, 0.2) is 46.0 Å². The van der Waals surface area contributed by atoms with Crippen molar-refractivity contribution in [3.8, 4) is 85.9 Å². The molecule has 0 amide bonds. The maximum atomic E-state index is 14.1. The molecule has 0 spiro atoms. The number of carbonyl (C=O) groups excluding carboxylic acids is 1. The van der Waals surface area contributed by atoms with Crippen LogP contribution in [0, 0.1) is 6.92 Å². The molecule has 0 unspecified atom stereocenters. The van der Waals surface area contributed by atoms with E-state index in [4.69, 9.17) is 61.6 Å². The van der Waals surface area contributed by atoms with Crippen LogP contribution in [0.15, 0.2) is 109 Å². The van der Waals surface area contributed by atoms with Crippen molar-refractivity contribution in [3.05, 3.63) is 126 Å². The molecule has 3 aliphatic heterocycles. The molecule has 3 aliphatic rings. The fourth-order valence-electron chi connectivity index (χ4n) is 6.92. The molecule has 0 aromatic heterocycles. The number of benzene rings is 6. The molecule has 9 rings (SSSR count). The standard InChI is InChI=1S/C49H44O14/c1-3-32-22-34(33-6-4-31(2)5-7-33)8-12-39(32)63-49(50)35-23-46(54-19-16-51-36-9-13-40-43(25-36)60-28-57-40)48(56-21-18-53-38-11-15-42-45(27-38)62-30-59-42)47(24-35)55-20-17-52-37-10-14-41-44(26-37)61-29-58-41/h4-15,22-27H,3,16-21,28-30H2,1-2H3. The summed E-state index contributed by atoms with van der Waals surface area (Å²) in [6.45, 7) is 5.20. The Labute approximate surface area is 363 Å². The molecule has 0 fully saturated rings. The number of fused-ring (bicyclic) bond motifs is 3. The lowest BCUT2D eigenvalue weighted by molar-refractivity contribution is 0.0731. The maximum absolute atomic E-state index is 14.1. The third kappa shape index (κ3) is 9.81. The smallest absolute Gasteiger partial charge is 0.343 e. The summed E-state index contributed by atoms with van der Waals surface area (Å²) in [4.78, 5) is 14.1. The predicted octanol–water partition coefficient (Wildman–Crippen LogP) is 9.00. The number of hydrogen-bond acceptors (Lipinski definition) is 14. The number of carbonyl (C=O) groups is 1. The third-order valence-electron chi connectivity index (χ3n) is 10.1. The highest BCUT2D eigenvalue weighted by Gasteiger charge is 2.23. The van der Waals surface area contributed by atoms with Gasteiger partial charge in [-0.3, -0.25) is 0 Å². The summed E-state index contributed by atoms with van der Waals surface area (Å²) >= 11 is 0. The summed E-state index contributed by atoms with van der Waals surface area (Å²) in [5.74, 6) is 5.96. The quantitative estimate of drug-likeness (QED) is 0.0435. The van der Waals surface area contributed by atoms with Gasteiger partial charge in [0, 0.05) is 18.2 Å². The van der Waals surface area contributed by atoms with Gasteiger partial charge >= 0.3 is 5.97 Å². The van der Waals surface area contributed by atoms with Crippen molar-refractivity contribution in [1.29, 1.82) is 0 Å². The zero-order valence-corrected chi connectivity index (χ0v) is 34.7. The largest absolute Gasteiger partial charge is 0.490 e. The van der Waals surface area contributed by atoms with Crippen LogP contribution in [-0.2, 0) is 6.42 Å². The summed E-state index contributed by atoms with van der Waals surface area (Å²) in [7, 11) is 0. The third-order valence-corrected chi connectivity index (χ3v) is 10.1. The van der Waals surface area contributed by atoms with Crippen molar-refractivity contribution >= 4 is 5.97 Å². The monoisotopic (exact) mass is 856 g/mol. The summed E-state index contributed by atoms with van der Waals surface area (Å²) in [6.07, 6.45) is 0.638. The summed E-state index contributed by atoms with van der Waals surface area (Å²) < 4.78 is 75.8. The molecule has 6 aromatic carbocycles. The molecule has 0 N–H and O–H groups in total. The van der Waals surface area contributed by atoms with Crippen LogP contribution in [0.25, 0.3) is 11.1 Å². The highest BCUT2D eigenvalue weighted by atomic mass is 16.7. The van der Waals surface area contributed by atoms with Crippen molar-refractivity contribution in [3.63, 3.8) is 0 Å². The van der Waals surface area contributed by atoms with Gasteiger partial charge in [0.25, 0.3) is 0 Å². The van der Waals surface area contributed by atoms with E-state index in [2.05, 4.69) is 31.2 Å². The molecule has 14 heteroatoms. The van der Waals surface area contributed by atoms with Crippen molar-refractivity contribution < 1.29 is 66.4 Å². The van der Waals surface area contributed by atoms with E-state index in [0.29, 0.717) is 63.9 Å². The minimum absolute atomic E-state index is 0.0735. The van der Waals surface area contributed by atoms with Gasteiger partial charge in [-0.2, -0.15) is 0 Å². The van der Waals surface area contributed by atoms with Crippen LogP contribution in [0.2, 0.25) is 0 Å². The lowest BCUT2D eigenvalue weighted by atomic mass is 10.0. The van der Waals surface area contributed by atoms with Crippen LogP contribution in [0.5, 0.6) is 74.7 Å². The van der Waals surface area contributed by atoms with Gasteiger partial charge in [0.05, 0.1) is 5.56 Å². The SMILES string of the molecule is CCc1cc(-c2ccc(C)cc2)ccc1OC(=O)c1cc(OCCOc2ccc3c(c2)OCO3)c(OCCOc2ccc3c(c2)OCO3)c(OCCOc2ccc3c(c2)OCO3)c1. The Hall–Kier alpha value is -7.61. The van der Waals surface area contributed by atoms with E-state index >= 15 is 0 Å². The van der Waals surface area contributed by atoms with Crippen LogP contribution in [0.4, 0.5) is 0 Å². The first-order chi connectivity index (χ1) is 31.0. The number of hydrogen-bond donors (Lipinski definition) is 0. The zero-order chi connectivity index (χ0) is 43.0. The van der Waals surface area contributed by atoms with Gasteiger partial charge in [-0.15, -0.1) is 0 Å². The van der Waals surface area contributed by atoms with Crippen molar-refractivity contribution in [1.82, 2.24) is 0 Å². The lowest BCUT2D eigenvalue weighted by Crippen LogP contribution is -2.16. The molecule has 0 saturated carbocycles. The second kappa shape index (κ2) is 19.0. The summed E-state index contributed by atoms with van der Waals surface area (Å²) in [6, 6.07) is 33.2. The molecule has 324 valence electrons. The Morgan fingerprint density at radius 1 is 0.460 bits per heavy atom. The van der Waals surface area contributed by atoms with Gasteiger partial charge in [-0.1, -0.05) is 42.8 Å². The highest BCUT2D eigenvalue weighted by Crippen LogP contribution is 2.41. The van der Waals surface area contributed by atoms with Crippen LogP contribution in [0.1, 0.15) is 28.4 Å². The van der Waals surface area contributed by atoms with Crippen LogP contribution in [0.3, 0.4) is 0 Å². The maximum Gasteiger partial charge on any atom is 0.343 e. The van der Waals surface area contributed by atoms with E-state index in [-0.39, 0.29) is 82.8 Å². The normalized spacial score (nSPS) is 12.7. The Morgan fingerprint density at radius 2 is 0.905 bits per heavy atom. The van der Waals surface area contributed by atoms with Crippen LogP contribution < -0.4 is 61.6 Å². The zero-order valence-electron chi connectivity index (χ0n) is 34.7. The highest BCUT2D eigenvalue weighted by molar-refractivity contribution is 5.93. The van der Waals surface area contributed by atoms with Crippen LogP contribution in [-0.4, -0.2) is 66.0 Å². The van der Waals surface area contributed by atoms with Crippen molar-refractivity contribution in [2.45, 2.75) is 20.3 Å². The Morgan fingerprint density at radius 3 is 1.40 bits per heavy atom. The average molecular weight is 857 g/mol. The summed E-state index contributed by atoms with van der Waals surface area (Å²) in [5.41, 5.74) is 4.30. The van der Waals surface area contributed by atoms with E-state index in [0.717, 1.165) is 16.7 Å². The average Bonchev–Trinajstić information content (AvgIpc) is 4.10. The first-order valence-electron chi connectivity index (χ1n) is 20.5. The van der Waals surface area contributed by atoms with Gasteiger partial charge in [-0.05, 0) is 90.7 Å². The molecule has 3 heterocycles. The second-order valence-corrected chi connectivity index (χ2v) is 14.4. The fourth-order valence-corrected chi connectivity index (χ4v) is 6.92. The van der Waals surface area contributed by atoms with E-state index in [1.807, 2.05) is 25.1 Å². The van der Waals surface area contributed by atoms with E-state index in [9.17, 15) is 4.79 Å². The minimum Gasteiger partial charge on any atom is -0.490 e. The van der Waals surface area contributed by atoms with Crippen molar-refractivity contribution in [2.24, 2.45) is 0 Å². The Kier molecular flexibility index (Phi) is 12.3. The molecule has 6 aromatic rings. The Balaban J connectivity index is 0.958. The van der Waals surface area contributed by atoms with Gasteiger partial charge < -0.3 is 61.6 Å². The number of esters is 1. The van der Waals surface area contributed by atoms with E-state index in [1.54, 1.807) is 66.7 Å². The van der Waals surface area contributed by atoms with Crippen molar-refractivity contribution in [2.75, 3.05) is 60.0 Å². The molecule has 63 heavy (non-hydrogen) atoms. The first kappa shape index (κ1) is 40.8. The first-order valence-corrected chi connectivity index (χ1v) is 20.5. The second-order valence-electron chi connectivity index (χ2n) is 14.4. The predicted molar refractivity (Wildman–Crippen MR) is 228 cm³/mol. The number of ether oxygens (including phenoxy) is 13.